The SMILES string of the molecule is N#Cc1cc(F)c(N2CCOC(CC(=O)O)C2)c(F)c1. The van der Waals surface area contributed by atoms with E-state index >= 15 is 0 Å². The Labute approximate surface area is 114 Å². The standard InChI is InChI=1S/C13H12F2N2O3/c14-10-3-8(6-16)4-11(15)13(10)17-1-2-20-9(7-17)5-12(18)19/h3-4,9H,1-2,5,7H2,(H,18,19). The maximum absolute atomic E-state index is 13.9. The molecule has 1 aromatic carbocycles. The van der Waals surface area contributed by atoms with Crippen molar-refractivity contribution in [2.75, 3.05) is 24.6 Å². The van der Waals surface area contributed by atoms with E-state index < -0.39 is 23.7 Å². The number of nitriles is 1. The van der Waals surface area contributed by atoms with E-state index in [0.29, 0.717) is 0 Å². The number of aliphatic carboxylic acids is 1. The van der Waals surface area contributed by atoms with Crippen LogP contribution in [0.1, 0.15) is 12.0 Å². The molecular formula is C13H12F2N2O3. The Morgan fingerprint density at radius 2 is 2.15 bits per heavy atom. The minimum atomic E-state index is -1.03. The van der Waals surface area contributed by atoms with E-state index in [1.54, 1.807) is 6.07 Å². The summed E-state index contributed by atoms with van der Waals surface area (Å²) in [6.45, 7) is 0.540. The van der Waals surface area contributed by atoms with Gasteiger partial charge in [0.2, 0.25) is 0 Å². The number of carboxylic acid groups (broad SMARTS) is 1. The van der Waals surface area contributed by atoms with Crippen LogP contribution in [0.4, 0.5) is 14.5 Å². The average Bonchev–Trinajstić information content (AvgIpc) is 2.37. The molecule has 106 valence electrons. The van der Waals surface area contributed by atoms with Gasteiger partial charge in [-0.25, -0.2) is 8.78 Å². The number of rotatable bonds is 3. The number of anilines is 1. The largest absolute Gasteiger partial charge is 0.481 e. The van der Waals surface area contributed by atoms with Crippen molar-refractivity contribution in [1.82, 2.24) is 0 Å². The Bertz CT molecular complexity index is 548. The van der Waals surface area contributed by atoms with Gasteiger partial charge in [-0.2, -0.15) is 5.26 Å². The lowest BCUT2D eigenvalue weighted by molar-refractivity contribution is -0.140. The van der Waals surface area contributed by atoms with E-state index in [1.807, 2.05) is 0 Å². The van der Waals surface area contributed by atoms with Crippen LogP contribution in [-0.4, -0.2) is 36.9 Å². The van der Waals surface area contributed by atoms with Gasteiger partial charge in [0, 0.05) is 13.1 Å². The summed E-state index contributed by atoms with van der Waals surface area (Å²) in [6, 6.07) is 3.59. The lowest BCUT2D eigenvalue weighted by atomic mass is 10.1. The van der Waals surface area contributed by atoms with Crippen LogP contribution in [0, 0.1) is 23.0 Å². The van der Waals surface area contributed by atoms with Crippen molar-refractivity contribution in [3.05, 3.63) is 29.3 Å². The second kappa shape index (κ2) is 5.84. The Kier molecular flexibility index (Phi) is 4.15. The van der Waals surface area contributed by atoms with Gasteiger partial charge in [-0.15, -0.1) is 0 Å². The van der Waals surface area contributed by atoms with Crippen LogP contribution in [0.3, 0.4) is 0 Å². The van der Waals surface area contributed by atoms with Gasteiger partial charge in [0.15, 0.2) is 11.6 Å². The zero-order valence-corrected chi connectivity index (χ0v) is 10.5. The molecule has 7 heteroatoms. The lowest BCUT2D eigenvalue weighted by Gasteiger charge is -2.34. The van der Waals surface area contributed by atoms with Crippen LogP contribution in [0.5, 0.6) is 0 Å². The third kappa shape index (κ3) is 3.03. The molecule has 0 bridgehead atoms. The Morgan fingerprint density at radius 3 is 2.70 bits per heavy atom. The first-order chi connectivity index (χ1) is 9.51. The smallest absolute Gasteiger partial charge is 0.306 e. The minimum absolute atomic E-state index is 0.0893. The quantitative estimate of drug-likeness (QED) is 0.909. The Morgan fingerprint density at radius 1 is 1.50 bits per heavy atom. The summed E-state index contributed by atoms with van der Waals surface area (Å²) in [6.07, 6.45) is -0.841. The summed E-state index contributed by atoms with van der Waals surface area (Å²) in [5.41, 5.74) is -0.346. The van der Waals surface area contributed by atoms with Crippen molar-refractivity contribution in [1.29, 1.82) is 5.26 Å². The molecular weight excluding hydrogens is 270 g/mol. The molecule has 1 heterocycles. The molecule has 0 saturated carbocycles. The summed E-state index contributed by atoms with van der Waals surface area (Å²) < 4.78 is 33.0. The van der Waals surface area contributed by atoms with Crippen molar-refractivity contribution >= 4 is 11.7 Å². The Hall–Kier alpha value is -2.20. The van der Waals surface area contributed by atoms with E-state index in [0.717, 1.165) is 12.1 Å². The number of nitrogens with zero attached hydrogens (tertiary/aromatic N) is 2. The molecule has 0 spiro atoms. The van der Waals surface area contributed by atoms with E-state index in [2.05, 4.69) is 0 Å². The molecule has 1 atom stereocenters. The molecule has 1 aliphatic rings. The van der Waals surface area contributed by atoms with Crippen LogP contribution < -0.4 is 4.90 Å². The van der Waals surface area contributed by atoms with Gasteiger partial charge in [0.25, 0.3) is 0 Å². The second-order valence-corrected chi connectivity index (χ2v) is 4.44. The molecule has 0 radical (unpaired) electrons. The second-order valence-electron chi connectivity index (χ2n) is 4.44. The van der Waals surface area contributed by atoms with Crippen molar-refractivity contribution in [3.8, 4) is 6.07 Å². The maximum Gasteiger partial charge on any atom is 0.306 e. The predicted octanol–water partition coefficient (Wildman–Crippen LogP) is 1.52. The molecule has 2 rings (SSSR count). The molecule has 0 aromatic heterocycles. The first-order valence-corrected chi connectivity index (χ1v) is 5.98. The number of benzene rings is 1. The molecule has 1 saturated heterocycles. The van der Waals surface area contributed by atoms with Gasteiger partial charge in [-0.05, 0) is 12.1 Å². The van der Waals surface area contributed by atoms with Crippen molar-refractivity contribution < 1.29 is 23.4 Å². The number of carbonyl (C=O) groups is 1. The minimum Gasteiger partial charge on any atom is -0.481 e. The van der Waals surface area contributed by atoms with E-state index in [9.17, 15) is 13.6 Å². The van der Waals surface area contributed by atoms with Gasteiger partial charge in [-0.1, -0.05) is 0 Å². The topological polar surface area (TPSA) is 73.6 Å². The molecule has 0 amide bonds. The number of carboxylic acids is 1. The van der Waals surface area contributed by atoms with Crippen LogP contribution in [0.2, 0.25) is 0 Å². The summed E-state index contributed by atoms with van der Waals surface area (Å²) in [7, 11) is 0. The zero-order chi connectivity index (χ0) is 14.7. The third-order valence-electron chi connectivity index (χ3n) is 3.00. The zero-order valence-electron chi connectivity index (χ0n) is 10.5. The highest BCUT2D eigenvalue weighted by Crippen LogP contribution is 2.27. The van der Waals surface area contributed by atoms with Gasteiger partial charge >= 0.3 is 5.97 Å². The summed E-state index contributed by atoms with van der Waals surface area (Å²) in [4.78, 5) is 12.1. The highest BCUT2D eigenvalue weighted by atomic mass is 19.1. The van der Waals surface area contributed by atoms with Crippen LogP contribution in [0.25, 0.3) is 0 Å². The highest BCUT2D eigenvalue weighted by Gasteiger charge is 2.26. The monoisotopic (exact) mass is 282 g/mol. The molecule has 0 aliphatic carbocycles. The summed E-state index contributed by atoms with van der Waals surface area (Å²) in [5.74, 6) is -2.70. The molecule has 1 unspecified atom stereocenters. The van der Waals surface area contributed by atoms with E-state index in [1.165, 1.54) is 4.90 Å². The number of hydrogen-bond donors (Lipinski definition) is 1. The van der Waals surface area contributed by atoms with Gasteiger partial charge in [-0.3, -0.25) is 4.79 Å². The number of ether oxygens (including phenoxy) is 1. The van der Waals surface area contributed by atoms with Gasteiger partial charge in [0.1, 0.15) is 5.69 Å². The van der Waals surface area contributed by atoms with Gasteiger partial charge < -0.3 is 14.7 Å². The van der Waals surface area contributed by atoms with Crippen molar-refractivity contribution in [2.45, 2.75) is 12.5 Å². The van der Waals surface area contributed by atoms with Crippen LogP contribution in [0.15, 0.2) is 12.1 Å². The molecule has 1 N–H and O–H groups in total. The maximum atomic E-state index is 13.9. The molecule has 20 heavy (non-hydrogen) atoms. The summed E-state index contributed by atoms with van der Waals surface area (Å²) >= 11 is 0. The number of hydrogen-bond acceptors (Lipinski definition) is 4. The predicted molar refractivity (Wildman–Crippen MR) is 65.3 cm³/mol. The number of morpholine rings is 1. The van der Waals surface area contributed by atoms with E-state index in [4.69, 9.17) is 15.1 Å². The molecule has 1 fully saturated rings. The fourth-order valence-corrected chi connectivity index (χ4v) is 2.17. The van der Waals surface area contributed by atoms with Crippen LogP contribution >= 0.6 is 0 Å². The van der Waals surface area contributed by atoms with Gasteiger partial charge in [0.05, 0.1) is 30.8 Å². The molecule has 5 nitrogen and oxygen atoms in total. The Balaban J connectivity index is 2.23. The summed E-state index contributed by atoms with van der Waals surface area (Å²) in [5, 5.41) is 17.4. The van der Waals surface area contributed by atoms with Crippen molar-refractivity contribution in [3.63, 3.8) is 0 Å². The van der Waals surface area contributed by atoms with Crippen LogP contribution in [-0.2, 0) is 9.53 Å². The van der Waals surface area contributed by atoms with Crippen molar-refractivity contribution in [2.24, 2.45) is 0 Å². The third-order valence-corrected chi connectivity index (χ3v) is 3.00. The first-order valence-electron chi connectivity index (χ1n) is 5.98. The highest BCUT2D eigenvalue weighted by molar-refractivity contribution is 5.67. The first kappa shape index (κ1) is 14.2. The average molecular weight is 282 g/mol. The fourth-order valence-electron chi connectivity index (χ4n) is 2.17. The number of halogens is 2. The molecule has 1 aliphatic heterocycles. The normalized spacial score (nSPS) is 18.6. The molecule has 1 aromatic rings. The van der Waals surface area contributed by atoms with E-state index in [-0.39, 0.29) is 37.4 Å². The fraction of sp³-hybridized carbons (Fsp3) is 0.385. The lowest BCUT2D eigenvalue weighted by Crippen LogP contribution is -2.44.